The number of aromatic nitrogens is 2. The van der Waals surface area contributed by atoms with E-state index in [0.717, 1.165) is 31.9 Å². The third kappa shape index (κ3) is 2.62. The zero-order valence-electron chi connectivity index (χ0n) is 7.66. The summed E-state index contributed by atoms with van der Waals surface area (Å²) in [5.74, 6) is 0.793. The van der Waals surface area contributed by atoms with Crippen LogP contribution in [-0.4, -0.2) is 34.7 Å². The van der Waals surface area contributed by atoms with Gasteiger partial charge in [0.25, 0.3) is 0 Å². The van der Waals surface area contributed by atoms with Crippen LogP contribution in [0.2, 0.25) is 0 Å². The molecule has 0 aliphatic heterocycles. The molecule has 0 spiro atoms. The van der Waals surface area contributed by atoms with E-state index in [1.165, 1.54) is 6.39 Å². The molecular weight excluding hydrogens is 154 g/mol. The molecule has 0 atom stereocenters. The minimum atomic E-state index is 0.793. The number of hydrogen-bond donors (Lipinski definition) is 0. The van der Waals surface area contributed by atoms with Gasteiger partial charge in [-0.1, -0.05) is 19.0 Å². The predicted octanol–water partition coefficient (Wildman–Crippen LogP) is 0.954. The van der Waals surface area contributed by atoms with Gasteiger partial charge in [0.05, 0.1) is 0 Å². The first kappa shape index (κ1) is 9.19. The van der Waals surface area contributed by atoms with Crippen LogP contribution in [0.3, 0.4) is 0 Å². The Hall–Kier alpha value is -0.900. The molecule has 0 bridgehead atoms. The van der Waals surface area contributed by atoms with Crippen LogP contribution >= 0.6 is 0 Å². The highest BCUT2D eigenvalue weighted by molar-refractivity contribution is 4.78. The number of nitrogens with zero attached hydrogens (tertiary/aromatic N) is 3. The van der Waals surface area contributed by atoms with Gasteiger partial charge in [0.15, 0.2) is 5.82 Å². The van der Waals surface area contributed by atoms with Crippen molar-refractivity contribution >= 4 is 0 Å². The number of hydrogen-bond acceptors (Lipinski definition) is 4. The molecular formula is C8H15N3O. The molecule has 4 nitrogen and oxygen atoms in total. The van der Waals surface area contributed by atoms with Gasteiger partial charge in [0.1, 0.15) is 0 Å². The molecule has 0 fully saturated rings. The molecule has 1 aromatic rings. The molecule has 1 heterocycles. The second-order valence-corrected chi connectivity index (χ2v) is 2.62. The summed E-state index contributed by atoms with van der Waals surface area (Å²) in [6, 6.07) is 0. The van der Waals surface area contributed by atoms with Crippen LogP contribution in [-0.2, 0) is 6.42 Å². The quantitative estimate of drug-likeness (QED) is 0.658. The highest BCUT2D eigenvalue weighted by Crippen LogP contribution is 1.93. The normalized spacial score (nSPS) is 10.9. The van der Waals surface area contributed by atoms with Crippen molar-refractivity contribution in [2.24, 2.45) is 0 Å². The fraction of sp³-hybridized carbons (Fsp3) is 0.750. The minimum absolute atomic E-state index is 0.793. The Bertz CT molecular complexity index is 194. The van der Waals surface area contributed by atoms with E-state index < -0.39 is 0 Å². The molecule has 0 aliphatic rings. The molecule has 0 saturated carbocycles. The summed E-state index contributed by atoms with van der Waals surface area (Å²) in [7, 11) is 0. The largest absolute Gasteiger partial charge is 0.343 e. The summed E-state index contributed by atoms with van der Waals surface area (Å²) < 4.78 is 4.63. The second kappa shape index (κ2) is 4.87. The van der Waals surface area contributed by atoms with Gasteiger partial charge in [-0.2, -0.15) is 4.98 Å². The highest BCUT2D eigenvalue weighted by Gasteiger charge is 2.02. The Morgan fingerprint density at radius 1 is 1.42 bits per heavy atom. The number of likely N-dealkylation sites (N-methyl/N-ethyl adjacent to an activating group) is 1. The lowest BCUT2D eigenvalue weighted by Crippen LogP contribution is -2.25. The topological polar surface area (TPSA) is 42.2 Å². The van der Waals surface area contributed by atoms with Crippen molar-refractivity contribution in [3.05, 3.63) is 12.2 Å². The van der Waals surface area contributed by atoms with E-state index in [1.54, 1.807) is 0 Å². The van der Waals surface area contributed by atoms with Crippen molar-refractivity contribution in [3.8, 4) is 0 Å². The molecule has 0 saturated heterocycles. The van der Waals surface area contributed by atoms with Crippen LogP contribution in [0.5, 0.6) is 0 Å². The lowest BCUT2D eigenvalue weighted by Gasteiger charge is -2.16. The first-order valence-electron chi connectivity index (χ1n) is 4.34. The molecule has 4 heteroatoms. The molecule has 0 aliphatic carbocycles. The van der Waals surface area contributed by atoms with Gasteiger partial charge < -0.3 is 9.42 Å². The average Bonchev–Trinajstić information content (AvgIpc) is 2.59. The van der Waals surface area contributed by atoms with E-state index in [-0.39, 0.29) is 0 Å². The molecule has 0 radical (unpaired) electrons. The third-order valence-electron chi connectivity index (χ3n) is 1.95. The summed E-state index contributed by atoms with van der Waals surface area (Å²) in [6.45, 7) is 7.47. The van der Waals surface area contributed by atoms with Crippen LogP contribution in [0.15, 0.2) is 10.9 Å². The first-order valence-corrected chi connectivity index (χ1v) is 4.34. The van der Waals surface area contributed by atoms with Gasteiger partial charge in [0, 0.05) is 13.0 Å². The lowest BCUT2D eigenvalue weighted by atomic mass is 10.3. The van der Waals surface area contributed by atoms with Crippen LogP contribution in [0.1, 0.15) is 19.7 Å². The molecule has 0 unspecified atom stereocenters. The van der Waals surface area contributed by atoms with Gasteiger partial charge in [-0.3, -0.25) is 0 Å². The maximum Gasteiger partial charge on any atom is 0.213 e. The summed E-state index contributed by atoms with van der Waals surface area (Å²) in [6.07, 6.45) is 2.25. The van der Waals surface area contributed by atoms with Crippen molar-refractivity contribution < 1.29 is 4.52 Å². The van der Waals surface area contributed by atoms with Gasteiger partial charge in [-0.05, 0) is 13.1 Å². The smallest absolute Gasteiger partial charge is 0.213 e. The second-order valence-electron chi connectivity index (χ2n) is 2.62. The summed E-state index contributed by atoms with van der Waals surface area (Å²) in [4.78, 5) is 6.28. The third-order valence-corrected chi connectivity index (χ3v) is 1.95. The van der Waals surface area contributed by atoms with E-state index in [1.807, 2.05) is 0 Å². The Labute approximate surface area is 72.6 Å². The summed E-state index contributed by atoms with van der Waals surface area (Å²) >= 11 is 0. The maximum absolute atomic E-state index is 4.63. The zero-order chi connectivity index (χ0) is 8.81. The van der Waals surface area contributed by atoms with Gasteiger partial charge in [0.2, 0.25) is 6.39 Å². The average molecular weight is 169 g/mol. The van der Waals surface area contributed by atoms with E-state index >= 15 is 0 Å². The van der Waals surface area contributed by atoms with E-state index in [9.17, 15) is 0 Å². The zero-order valence-corrected chi connectivity index (χ0v) is 7.66. The SMILES string of the molecule is CCN(CC)CCc1ncon1. The monoisotopic (exact) mass is 169 g/mol. The predicted molar refractivity (Wildman–Crippen MR) is 45.8 cm³/mol. The Balaban J connectivity index is 2.25. The molecule has 0 N–H and O–H groups in total. The minimum Gasteiger partial charge on any atom is -0.343 e. The van der Waals surface area contributed by atoms with E-state index in [4.69, 9.17) is 0 Å². The Morgan fingerprint density at radius 3 is 2.67 bits per heavy atom. The van der Waals surface area contributed by atoms with E-state index in [0.29, 0.717) is 0 Å². The highest BCUT2D eigenvalue weighted by atomic mass is 16.5. The van der Waals surface area contributed by atoms with Crippen molar-refractivity contribution in [1.82, 2.24) is 15.0 Å². The number of rotatable bonds is 5. The van der Waals surface area contributed by atoms with Crippen LogP contribution in [0.25, 0.3) is 0 Å². The van der Waals surface area contributed by atoms with Gasteiger partial charge in [-0.15, -0.1) is 0 Å². The summed E-state index contributed by atoms with van der Waals surface area (Å²) in [5.41, 5.74) is 0. The molecule has 1 rings (SSSR count). The standard InChI is InChI=1S/C8H15N3O/c1-3-11(4-2)6-5-8-9-7-12-10-8/h7H,3-6H2,1-2H3. The molecule has 0 amide bonds. The Kier molecular flexibility index (Phi) is 3.73. The first-order chi connectivity index (χ1) is 5.86. The van der Waals surface area contributed by atoms with Crippen LogP contribution in [0, 0.1) is 0 Å². The molecule has 12 heavy (non-hydrogen) atoms. The van der Waals surface area contributed by atoms with Crippen LogP contribution in [0.4, 0.5) is 0 Å². The molecule has 1 aromatic heterocycles. The van der Waals surface area contributed by atoms with Crippen molar-refractivity contribution in [2.45, 2.75) is 20.3 Å². The van der Waals surface area contributed by atoms with Crippen molar-refractivity contribution in [2.75, 3.05) is 19.6 Å². The summed E-state index contributed by atoms with van der Waals surface area (Å²) in [5, 5.41) is 3.74. The molecule has 68 valence electrons. The van der Waals surface area contributed by atoms with Gasteiger partial charge >= 0.3 is 0 Å². The maximum atomic E-state index is 4.63. The Morgan fingerprint density at radius 2 is 2.17 bits per heavy atom. The lowest BCUT2D eigenvalue weighted by molar-refractivity contribution is 0.303. The fourth-order valence-electron chi connectivity index (χ4n) is 1.10. The molecule has 0 aromatic carbocycles. The van der Waals surface area contributed by atoms with Crippen molar-refractivity contribution in [1.29, 1.82) is 0 Å². The fourth-order valence-corrected chi connectivity index (χ4v) is 1.10. The van der Waals surface area contributed by atoms with Gasteiger partial charge in [-0.25, -0.2) is 0 Å². The van der Waals surface area contributed by atoms with E-state index in [2.05, 4.69) is 33.4 Å². The van der Waals surface area contributed by atoms with Crippen molar-refractivity contribution in [3.63, 3.8) is 0 Å². The van der Waals surface area contributed by atoms with Crippen LogP contribution < -0.4 is 0 Å².